The van der Waals surface area contributed by atoms with Gasteiger partial charge in [0, 0.05) is 12.5 Å². The number of aromatic nitrogens is 2. The lowest BCUT2D eigenvalue weighted by atomic mass is 10.4. The Morgan fingerprint density at radius 1 is 1.44 bits per heavy atom. The van der Waals surface area contributed by atoms with Crippen molar-refractivity contribution < 1.29 is 17.9 Å². The van der Waals surface area contributed by atoms with Crippen LogP contribution < -0.4 is 16.0 Å². The van der Waals surface area contributed by atoms with Gasteiger partial charge in [0.05, 0.1) is 0 Å². The second-order valence-electron chi connectivity index (χ2n) is 2.91. The van der Waals surface area contributed by atoms with Crippen molar-refractivity contribution in [2.75, 3.05) is 12.0 Å². The first-order valence-electron chi connectivity index (χ1n) is 4.48. The lowest BCUT2D eigenvalue weighted by molar-refractivity contribution is -0.154. The molecule has 90 valence electrons. The number of halogens is 3. The van der Waals surface area contributed by atoms with Crippen LogP contribution in [0.1, 0.15) is 12.7 Å². The second-order valence-corrected chi connectivity index (χ2v) is 2.91. The van der Waals surface area contributed by atoms with E-state index in [-0.39, 0.29) is 11.7 Å². The lowest BCUT2D eigenvalue weighted by Gasteiger charge is -2.10. The summed E-state index contributed by atoms with van der Waals surface area (Å²) in [5.41, 5.74) is 2.23. The zero-order chi connectivity index (χ0) is 12.2. The summed E-state index contributed by atoms with van der Waals surface area (Å²) in [5, 5.41) is 0. The van der Waals surface area contributed by atoms with Crippen LogP contribution in [0.4, 0.5) is 19.0 Å². The van der Waals surface area contributed by atoms with Crippen molar-refractivity contribution in [2.45, 2.75) is 19.5 Å². The molecule has 0 bridgehead atoms. The van der Waals surface area contributed by atoms with Gasteiger partial charge in [-0.1, -0.05) is 6.92 Å². The highest BCUT2D eigenvalue weighted by atomic mass is 19.4. The number of hydrazine groups is 1. The smallest absolute Gasteiger partial charge is 0.422 e. The zero-order valence-electron chi connectivity index (χ0n) is 8.51. The van der Waals surface area contributed by atoms with E-state index in [0.717, 1.165) is 0 Å². The highest BCUT2D eigenvalue weighted by molar-refractivity contribution is 5.36. The SMILES string of the molecule is CCc1nc(NN)cc(OCC(F)(F)F)n1. The Bertz CT molecular complexity index is 333. The van der Waals surface area contributed by atoms with Gasteiger partial charge in [0.2, 0.25) is 5.88 Å². The van der Waals surface area contributed by atoms with Gasteiger partial charge in [-0.25, -0.2) is 10.8 Å². The van der Waals surface area contributed by atoms with Crippen molar-refractivity contribution in [3.05, 3.63) is 11.9 Å². The third-order valence-corrected chi connectivity index (χ3v) is 1.60. The van der Waals surface area contributed by atoms with Gasteiger partial charge in [0.15, 0.2) is 6.61 Å². The molecule has 1 aromatic heterocycles. The number of rotatable bonds is 4. The summed E-state index contributed by atoms with van der Waals surface area (Å²) in [7, 11) is 0. The molecule has 1 aromatic rings. The first kappa shape index (κ1) is 12.5. The summed E-state index contributed by atoms with van der Waals surface area (Å²) >= 11 is 0. The van der Waals surface area contributed by atoms with Crippen LogP contribution in [-0.2, 0) is 6.42 Å². The summed E-state index contributed by atoms with van der Waals surface area (Å²) in [4.78, 5) is 7.68. The van der Waals surface area contributed by atoms with E-state index in [9.17, 15) is 13.2 Å². The Morgan fingerprint density at radius 2 is 2.12 bits per heavy atom. The molecular weight excluding hydrogens is 225 g/mol. The van der Waals surface area contributed by atoms with Crippen LogP contribution in [0.5, 0.6) is 5.88 Å². The molecular formula is C8H11F3N4O. The highest BCUT2D eigenvalue weighted by Gasteiger charge is 2.28. The van der Waals surface area contributed by atoms with E-state index in [1.165, 1.54) is 6.07 Å². The largest absolute Gasteiger partial charge is 0.468 e. The van der Waals surface area contributed by atoms with Crippen molar-refractivity contribution >= 4 is 5.82 Å². The van der Waals surface area contributed by atoms with Crippen molar-refractivity contribution in [1.82, 2.24) is 9.97 Å². The third kappa shape index (κ3) is 3.89. The summed E-state index contributed by atoms with van der Waals surface area (Å²) < 4.78 is 40.2. The summed E-state index contributed by atoms with van der Waals surface area (Å²) in [5.74, 6) is 5.52. The van der Waals surface area contributed by atoms with Gasteiger partial charge < -0.3 is 10.2 Å². The number of alkyl halides is 3. The van der Waals surface area contributed by atoms with Gasteiger partial charge in [-0.05, 0) is 0 Å². The highest BCUT2D eigenvalue weighted by Crippen LogP contribution is 2.18. The van der Waals surface area contributed by atoms with Gasteiger partial charge in [-0.2, -0.15) is 18.2 Å². The average molecular weight is 236 g/mol. The molecule has 0 aliphatic heterocycles. The summed E-state index contributed by atoms with van der Waals surface area (Å²) in [6.07, 6.45) is -3.93. The molecule has 0 aliphatic rings. The van der Waals surface area contributed by atoms with Crippen molar-refractivity contribution in [3.63, 3.8) is 0 Å². The fourth-order valence-electron chi connectivity index (χ4n) is 0.935. The van der Waals surface area contributed by atoms with Crippen LogP contribution >= 0.6 is 0 Å². The Morgan fingerprint density at radius 3 is 2.62 bits per heavy atom. The average Bonchev–Trinajstić information content (AvgIpc) is 2.25. The topological polar surface area (TPSA) is 73.1 Å². The maximum absolute atomic E-state index is 11.9. The van der Waals surface area contributed by atoms with Crippen LogP contribution in [0.25, 0.3) is 0 Å². The molecule has 0 aliphatic carbocycles. The molecule has 8 heteroatoms. The van der Waals surface area contributed by atoms with Crippen LogP contribution in [-0.4, -0.2) is 22.8 Å². The molecule has 0 saturated carbocycles. The Labute approximate surface area is 89.8 Å². The predicted octanol–water partition coefficient (Wildman–Crippen LogP) is 1.27. The fraction of sp³-hybridized carbons (Fsp3) is 0.500. The molecule has 1 heterocycles. The molecule has 0 saturated heterocycles. The number of anilines is 1. The molecule has 0 amide bonds. The van der Waals surface area contributed by atoms with Gasteiger partial charge >= 0.3 is 6.18 Å². The minimum atomic E-state index is -4.40. The molecule has 0 radical (unpaired) electrons. The van der Waals surface area contributed by atoms with E-state index in [4.69, 9.17) is 5.84 Å². The minimum Gasteiger partial charge on any atom is -0.468 e. The zero-order valence-corrected chi connectivity index (χ0v) is 8.51. The van der Waals surface area contributed by atoms with Crippen LogP contribution in [0.2, 0.25) is 0 Å². The number of nitrogen functional groups attached to an aromatic ring is 1. The first-order valence-corrected chi connectivity index (χ1v) is 4.48. The molecule has 16 heavy (non-hydrogen) atoms. The number of nitrogens with one attached hydrogen (secondary N) is 1. The summed E-state index contributed by atoms with van der Waals surface area (Å²) in [6, 6.07) is 1.20. The third-order valence-electron chi connectivity index (χ3n) is 1.60. The first-order chi connectivity index (χ1) is 7.44. The molecule has 3 N–H and O–H groups in total. The molecule has 0 fully saturated rings. The maximum atomic E-state index is 11.9. The maximum Gasteiger partial charge on any atom is 0.422 e. The quantitative estimate of drug-likeness (QED) is 0.608. The predicted molar refractivity (Wildman–Crippen MR) is 50.8 cm³/mol. The number of hydrogen-bond donors (Lipinski definition) is 2. The van der Waals surface area contributed by atoms with Crippen LogP contribution in [0, 0.1) is 0 Å². The molecule has 0 atom stereocenters. The molecule has 1 rings (SSSR count). The molecule has 0 aromatic carbocycles. The van der Waals surface area contributed by atoms with Gasteiger partial charge in [0.25, 0.3) is 0 Å². The minimum absolute atomic E-state index is 0.155. The van der Waals surface area contributed by atoms with Crippen LogP contribution in [0.3, 0.4) is 0 Å². The molecule has 0 spiro atoms. The Kier molecular flexibility index (Phi) is 3.88. The van der Waals surface area contributed by atoms with E-state index < -0.39 is 12.8 Å². The fourth-order valence-corrected chi connectivity index (χ4v) is 0.935. The van der Waals surface area contributed by atoms with E-state index in [1.54, 1.807) is 6.92 Å². The second kappa shape index (κ2) is 4.97. The molecule has 0 unspecified atom stereocenters. The van der Waals surface area contributed by atoms with Gasteiger partial charge in [-0.15, -0.1) is 0 Å². The van der Waals surface area contributed by atoms with E-state index in [2.05, 4.69) is 20.1 Å². The monoisotopic (exact) mass is 236 g/mol. The standard InChI is InChI=1S/C8H11F3N4O/c1-2-5-13-6(15-12)3-7(14-5)16-4-8(9,10)11/h3H,2,4,12H2,1H3,(H,13,14,15). The van der Waals surface area contributed by atoms with Crippen molar-refractivity contribution in [2.24, 2.45) is 5.84 Å². The number of hydrogen-bond acceptors (Lipinski definition) is 5. The van der Waals surface area contributed by atoms with E-state index in [0.29, 0.717) is 12.2 Å². The van der Waals surface area contributed by atoms with Gasteiger partial charge in [-0.3, -0.25) is 0 Å². The lowest BCUT2D eigenvalue weighted by Crippen LogP contribution is -2.20. The van der Waals surface area contributed by atoms with Gasteiger partial charge in [0.1, 0.15) is 11.6 Å². The van der Waals surface area contributed by atoms with E-state index in [1.807, 2.05) is 0 Å². The van der Waals surface area contributed by atoms with Crippen molar-refractivity contribution in [3.8, 4) is 5.88 Å². The van der Waals surface area contributed by atoms with Crippen LogP contribution in [0.15, 0.2) is 6.07 Å². The normalized spacial score (nSPS) is 11.3. The number of aryl methyl sites for hydroxylation is 1. The number of ether oxygens (including phenoxy) is 1. The molecule has 5 nitrogen and oxygen atoms in total. The van der Waals surface area contributed by atoms with Crippen molar-refractivity contribution in [1.29, 1.82) is 0 Å². The Balaban J connectivity index is 2.79. The number of nitrogens with two attached hydrogens (primary N) is 1. The van der Waals surface area contributed by atoms with E-state index >= 15 is 0 Å². The number of nitrogens with zero attached hydrogens (tertiary/aromatic N) is 2. The Hall–Kier alpha value is -1.57. The summed E-state index contributed by atoms with van der Waals surface area (Å²) in [6.45, 7) is 0.375.